The molecule has 0 fully saturated rings. The van der Waals surface area contributed by atoms with Crippen molar-refractivity contribution in [2.75, 3.05) is 14.1 Å². The van der Waals surface area contributed by atoms with E-state index in [1.54, 1.807) is 0 Å². The van der Waals surface area contributed by atoms with Gasteiger partial charge in [0.2, 0.25) is 0 Å². The van der Waals surface area contributed by atoms with E-state index in [-0.39, 0.29) is 17.1 Å². The fourth-order valence-electron chi connectivity index (χ4n) is 3.21. The van der Waals surface area contributed by atoms with Crippen molar-refractivity contribution >= 4 is 0 Å². The summed E-state index contributed by atoms with van der Waals surface area (Å²) in [5.41, 5.74) is 2.59. The maximum atomic E-state index is 10.8. The average Bonchev–Trinajstić information content (AvgIpc) is 2.40. The Morgan fingerprint density at radius 1 is 1.00 bits per heavy atom. The maximum absolute atomic E-state index is 10.8. The van der Waals surface area contributed by atoms with E-state index in [1.165, 1.54) is 11.1 Å². The van der Waals surface area contributed by atoms with E-state index in [0.717, 1.165) is 12.8 Å². The van der Waals surface area contributed by atoms with Gasteiger partial charge in [-0.15, -0.1) is 0 Å². The van der Waals surface area contributed by atoms with Crippen molar-refractivity contribution in [3.8, 4) is 0 Å². The van der Waals surface area contributed by atoms with Crippen LogP contribution in [0.5, 0.6) is 0 Å². The molecule has 2 heteroatoms. The molecule has 0 spiro atoms. The Labute approximate surface area is 131 Å². The zero-order valence-electron chi connectivity index (χ0n) is 14.9. The SMILES string of the molecule is CCC(CC)(C(O)Cc1ccc(C(C)(C)C)cc1)N(C)C. The van der Waals surface area contributed by atoms with Crippen molar-refractivity contribution in [1.29, 1.82) is 0 Å². The number of benzene rings is 1. The highest BCUT2D eigenvalue weighted by molar-refractivity contribution is 5.28. The first-order valence-electron chi connectivity index (χ1n) is 8.12. The topological polar surface area (TPSA) is 23.5 Å². The van der Waals surface area contributed by atoms with Crippen molar-refractivity contribution in [1.82, 2.24) is 4.90 Å². The standard InChI is InChI=1S/C19H33NO/c1-8-19(9-2,20(6)7)17(21)14-15-10-12-16(13-11-15)18(3,4)5/h10-13,17,21H,8-9,14H2,1-7H3. The summed E-state index contributed by atoms with van der Waals surface area (Å²) < 4.78 is 0. The normalized spacial score (nSPS) is 14.5. The molecule has 0 bridgehead atoms. The third-order valence-electron chi connectivity index (χ3n) is 4.98. The number of likely N-dealkylation sites (N-methyl/N-ethyl adjacent to an activating group) is 1. The van der Waals surface area contributed by atoms with Crippen LogP contribution in [0.15, 0.2) is 24.3 Å². The Morgan fingerprint density at radius 2 is 1.48 bits per heavy atom. The zero-order valence-corrected chi connectivity index (χ0v) is 14.9. The summed E-state index contributed by atoms with van der Waals surface area (Å²) >= 11 is 0. The summed E-state index contributed by atoms with van der Waals surface area (Å²) in [5, 5.41) is 10.8. The number of aliphatic hydroxyl groups is 1. The van der Waals surface area contributed by atoms with E-state index in [9.17, 15) is 5.11 Å². The minimum absolute atomic E-state index is 0.136. The zero-order chi connectivity index (χ0) is 16.3. The van der Waals surface area contributed by atoms with Gasteiger partial charge in [-0.25, -0.2) is 0 Å². The molecule has 0 aliphatic rings. The fourth-order valence-corrected chi connectivity index (χ4v) is 3.21. The molecule has 0 aliphatic heterocycles. The molecule has 21 heavy (non-hydrogen) atoms. The van der Waals surface area contributed by atoms with Gasteiger partial charge in [0.1, 0.15) is 0 Å². The van der Waals surface area contributed by atoms with E-state index < -0.39 is 0 Å². The van der Waals surface area contributed by atoms with Crippen LogP contribution in [0.2, 0.25) is 0 Å². The van der Waals surface area contributed by atoms with Gasteiger partial charge in [0.25, 0.3) is 0 Å². The molecule has 0 radical (unpaired) electrons. The Kier molecular flexibility index (Phi) is 6.01. The van der Waals surface area contributed by atoms with Crippen LogP contribution in [0.4, 0.5) is 0 Å². The molecule has 120 valence electrons. The van der Waals surface area contributed by atoms with Gasteiger partial charge in [0, 0.05) is 12.0 Å². The quantitative estimate of drug-likeness (QED) is 0.856. The molecule has 1 aromatic rings. The molecule has 1 rings (SSSR count). The second-order valence-electron chi connectivity index (χ2n) is 7.37. The lowest BCUT2D eigenvalue weighted by molar-refractivity contribution is -0.0125. The summed E-state index contributed by atoms with van der Waals surface area (Å²) in [5.74, 6) is 0. The second kappa shape index (κ2) is 6.93. The molecule has 2 nitrogen and oxygen atoms in total. The molecule has 0 amide bonds. The molecule has 0 aliphatic carbocycles. The lowest BCUT2D eigenvalue weighted by Crippen LogP contribution is -2.53. The monoisotopic (exact) mass is 291 g/mol. The number of hydrogen-bond donors (Lipinski definition) is 1. The highest BCUT2D eigenvalue weighted by Gasteiger charge is 2.36. The molecule has 1 unspecified atom stereocenters. The predicted molar refractivity (Wildman–Crippen MR) is 91.9 cm³/mol. The molecular weight excluding hydrogens is 258 g/mol. The van der Waals surface area contributed by atoms with Crippen molar-refractivity contribution in [2.45, 2.75) is 70.9 Å². The minimum atomic E-state index is -0.344. The Bertz CT molecular complexity index is 424. The molecule has 1 N–H and O–H groups in total. The number of aliphatic hydroxyl groups excluding tert-OH is 1. The van der Waals surface area contributed by atoms with Gasteiger partial charge >= 0.3 is 0 Å². The smallest absolute Gasteiger partial charge is 0.0763 e. The van der Waals surface area contributed by atoms with Crippen molar-refractivity contribution in [2.24, 2.45) is 0 Å². The first kappa shape index (κ1) is 18.2. The van der Waals surface area contributed by atoms with Gasteiger partial charge in [0.15, 0.2) is 0 Å². The van der Waals surface area contributed by atoms with Crippen LogP contribution in [0.25, 0.3) is 0 Å². The summed E-state index contributed by atoms with van der Waals surface area (Å²) in [6, 6.07) is 8.71. The molecule has 0 aromatic heterocycles. The summed E-state index contributed by atoms with van der Waals surface area (Å²) in [4.78, 5) is 2.18. The Balaban J connectivity index is 2.90. The lowest BCUT2D eigenvalue weighted by atomic mass is 9.81. The van der Waals surface area contributed by atoms with Crippen LogP contribution >= 0.6 is 0 Å². The minimum Gasteiger partial charge on any atom is -0.391 e. The van der Waals surface area contributed by atoms with Gasteiger partial charge < -0.3 is 10.0 Å². The fraction of sp³-hybridized carbons (Fsp3) is 0.684. The first-order chi connectivity index (χ1) is 9.67. The van der Waals surface area contributed by atoms with E-state index in [0.29, 0.717) is 6.42 Å². The number of hydrogen-bond acceptors (Lipinski definition) is 2. The largest absolute Gasteiger partial charge is 0.391 e. The molecule has 0 saturated carbocycles. The maximum Gasteiger partial charge on any atom is 0.0763 e. The van der Waals surface area contributed by atoms with Gasteiger partial charge in [-0.2, -0.15) is 0 Å². The lowest BCUT2D eigenvalue weighted by Gasteiger charge is -2.42. The van der Waals surface area contributed by atoms with E-state index >= 15 is 0 Å². The second-order valence-corrected chi connectivity index (χ2v) is 7.37. The number of rotatable bonds is 6. The summed E-state index contributed by atoms with van der Waals surface area (Å²) in [6.07, 6.45) is 2.28. The molecule has 0 heterocycles. The van der Waals surface area contributed by atoms with Crippen molar-refractivity contribution < 1.29 is 5.11 Å². The van der Waals surface area contributed by atoms with E-state index in [4.69, 9.17) is 0 Å². The molecule has 0 saturated heterocycles. The Morgan fingerprint density at radius 3 is 1.81 bits per heavy atom. The van der Waals surface area contributed by atoms with Gasteiger partial charge in [-0.05, 0) is 43.5 Å². The first-order valence-corrected chi connectivity index (χ1v) is 8.12. The van der Waals surface area contributed by atoms with Crippen LogP contribution in [0.3, 0.4) is 0 Å². The van der Waals surface area contributed by atoms with Gasteiger partial charge in [0.05, 0.1) is 6.10 Å². The highest BCUT2D eigenvalue weighted by atomic mass is 16.3. The van der Waals surface area contributed by atoms with Crippen LogP contribution in [-0.4, -0.2) is 35.7 Å². The predicted octanol–water partition coefficient (Wildman–Crippen LogP) is 4.01. The summed E-state index contributed by atoms with van der Waals surface area (Å²) in [6.45, 7) is 11.0. The van der Waals surface area contributed by atoms with Crippen LogP contribution in [-0.2, 0) is 11.8 Å². The summed E-state index contributed by atoms with van der Waals surface area (Å²) in [7, 11) is 4.14. The molecular formula is C19H33NO. The molecule has 1 atom stereocenters. The third kappa shape index (κ3) is 4.08. The van der Waals surface area contributed by atoms with Crippen LogP contribution < -0.4 is 0 Å². The van der Waals surface area contributed by atoms with E-state index in [2.05, 4.69) is 77.9 Å². The Hall–Kier alpha value is -0.860. The van der Waals surface area contributed by atoms with E-state index in [1.807, 2.05) is 0 Å². The van der Waals surface area contributed by atoms with Crippen molar-refractivity contribution in [3.05, 3.63) is 35.4 Å². The highest BCUT2D eigenvalue weighted by Crippen LogP contribution is 2.29. The molecule has 1 aromatic carbocycles. The van der Waals surface area contributed by atoms with Gasteiger partial charge in [-0.1, -0.05) is 58.9 Å². The average molecular weight is 291 g/mol. The van der Waals surface area contributed by atoms with Gasteiger partial charge in [-0.3, -0.25) is 0 Å². The van der Waals surface area contributed by atoms with Crippen molar-refractivity contribution in [3.63, 3.8) is 0 Å². The van der Waals surface area contributed by atoms with Crippen LogP contribution in [0, 0.1) is 0 Å². The third-order valence-corrected chi connectivity index (χ3v) is 4.98. The van der Waals surface area contributed by atoms with Crippen LogP contribution in [0.1, 0.15) is 58.6 Å². The number of nitrogens with zero attached hydrogens (tertiary/aromatic N) is 1.